The van der Waals surface area contributed by atoms with Crippen molar-refractivity contribution in [3.8, 4) is 5.75 Å². The summed E-state index contributed by atoms with van der Waals surface area (Å²) in [6.07, 6.45) is -0.189. The maximum absolute atomic E-state index is 13.7. The smallest absolute Gasteiger partial charge is 0.269 e. The van der Waals surface area contributed by atoms with Crippen LogP contribution in [-0.2, 0) is 14.4 Å². The van der Waals surface area contributed by atoms with Crippen molar-refractivity contribution in [1.82, 2.24) is 0 Å². The van der Waals surface area contributed by atoms with Gasteiger partial charge in [-0.05, 0) is 48.4 Å². The number of para-hydroxylation sites is 1. The lowest BCUT2D eigenvalue weighted by Crippen LogP contribution is -2.37. The first-order chi connectivity index (χ1) is 17.0. The van der Waals surface area contributed by atoms with Crippen LogP contribution in [0.4, 0.5) is 17.1 Å². The molecule has 2 saturated heterocycles. The summed E-state index contributed by atoms with van der Waals surface area (Å²) in [6.45, 7) is 2.57. The molecule has 0 saturated carbocycles. The van der Waals surface area contributed by atoms with E-state index in [4.69, 9.17) is 9.57 Å². The van der Waals surface area contributed by atoms with Gasteiger partial charge in [-0.2, -0.15) is 0 Å². The number of hydroxylamine groups is 1. The Labute approximate surface area is 201 Å². The lowest BCUT2D eigenvalue weighted by Gasteiger charge is -2.28. The van der Waals surface area contributed by atoms with E-state index < -0.39 is 34.8 Å². The molecule has 9 heteroatoms. The van der Waals surface area contributed by atoms with E-state index in [9.17, 15) is 19.7 Å². The fourth-order valence-corrected chi connectivity index (χ4v) is 4.54. The third kappa shape index (κ3) is 4.00. The number of nitrogens with zero attached hydrogens (tertiary/aromatic N) is 3. The molecule has 0 bridgehead atoms. The predicted molar refractivity (Wildman–Crippen MR) is 128 cm³/mol. The molecule has 2 amide bonds. The number of hydrogen-bond donors (Lipinski definition) is 0. The fraction of sp³-hybridized carbons (Fsp3) is 0.231. The Kier molecular flexibility index (Phi) is 5.92. The van der Waals surface area contributed by atoms with E-state index in [1.54, 1.807) is 48.5 Å². The number of carbonyl (C=O) groups is 2. The average Bonchev–Trinajstić information content (AvgIpc) is 3.39. The van der Waals surface area contributed by atoms with Crippen molar-refractivity contribution < 1.29 is 24.1 Å². The molecule has 3 aromatic rings. The molecule has 3 atom stereocenters. The summed E-state index contributed by atoms with van der Waals surface area (Å²) >= 11 is 0. The molecular weight excluding hydrogens is 450 g/mol. The number of fused-ring (bicyclic) bond motifs is 1. The standard InChI is InChI=1S/C26H23N3O6/c1-2-15-34-21-13-11-18(12-14-21)27-25(30)22-23(17-7-6-10-20(16-17)29(32)33)28(35-24(22)26(27)31)19-8-4-3-5-9-19/h3-14,16,22-24H,2,15H2,1H3/t22-,23-,24+/m0/s1. The van der Waals surface area contributed by atoms with Crippen molar-refractivity contribution in [3.05, 3.63) is 94.5 Å². The second-order valence-electron chi connectivity index (χ2n) is 8.36. The summed E-state index contributed by atoms with van der Waals surface area (Å²) in [5.41, 5.74) is 1.48. The van der Waals surface area contributed by atoms with Gasteiger partial charge in [0.1, 0.15) is 11.7 Å². The molecule has 0 radical (unpaired) electrons. The topological polar surface area (TPSA) is 102 Å². The summed E-state index contributed by atoms with van der Waals surface area (Å²) in [5, 5.41) is 12.9. The number of nitro benzene ring substituents is 1. The van der Waals surface area contributed by atoms with Crippen molar-refractivity contribution in [3.63, 3.8) is 0 Å². The van der Waals surface area contributed by atoms with Gasteiger partial charge in [-0.1, -0.05) is 37.3 Å². The summed E-state index contributed by atoms with van der Waals surface area (Å²) in [7, 11) is 0. The highest BCUT2D eigenvalue weighted by Crippen LogP contribution is 2.48. The Morgan fingerprint density at radius 1 is 0.943 bits per heavy atom. The lowest BCUT2D eigenvalue weighted by molar-refractivity contribution is -0.384. The van der Waals surface area contributed by atoms with Crippen LogP contribution in [0.2, 0.25) is 0 Å². The molecule has 2 aliphatic heterocycles. The summed E-state index contributed by atoms with van der Waals surface area (Å²) in [4.78, 5) is 45.2. The van der Waals surface area contributed by atoms with Gasteiger partial charge >= 0.3 is 0 Å². The first-order valence-corrected chi connectivity index (χ1v) is 11.4. The summed E-state index contributed by atoms with van der Waals surface area (Å²) < 4.78 is 5.59. The van der Waals surface area contributed by atoms with Crippen LogP contribution in [0, 0.1) is 16.0 Å². The first-order valence-electron chi connectivity index (χ1n) is 11.4. The number of rotatable bonds is 7. The third-order valence-corrected chi connectivity index (χ3v) is 6.12. The number of imide groups is 1. The minimum atomic E-state index is -1.05. The van der Waals surface area contributed by atoms with Crippen LogP contribution < -0.4 is 14.7 Å². The zero-order chi connectivity index (χ0) is 24.5. The zero-order valence-corrected chi connectivity index (χ0v) is 18.9. The molecular formula is C26H23N3O6. The number of nitro groups is 1. The van der Waals surface area contributed by atoms with Crippen LogP contribution in [0.5, 0.6) is 5.75 Å². The highest BCUT2D eigenvalue weighted by Gasteiger charge is 2.60. The molecule has 178 valence electrons. The summed E-state index contributed by atoms with van der Waals surface area (Å²) in [6, 6.07) is 21.2. The van der Waals surface area contributed by atoms with Crippen molar-refractivity contribution in [2.24, 2.45) is 5.92 Å². The average molecular weight is 473 g/mol. The molecule has 0 spiro atoms. The van der Waals surface area contributed by atoms with Crippen molar-refractivity contribution in [1.29, 1.82) is 0 Å². The molecule has 0 aliphatic carbocycles. The van der Waals surface area contributed by atoms with E-state index >= 15 is 0 Å². The van der Waals surface area contributed by atoms with Gasteiger partial charge < -0.3 is 4.74 Å². The number of ether oxygens (including phenoxy) is 1. The maximum atomic E-state index is 13.7. The molecule has 9 nitrogen and oxygen atoms in total. The minimum Gasteiger partial charge on any atom is -0.494 e. The molecule has 0 unspecified atom stereocenters. The van der Waals surface area contributed by atoms with Crippen LogP contribution in [-0.4, -0.2) is 29.4 Å². The van der Waals surface area contributed by atoms with Crippen LogP contribution >= 0.6 is 0 Å². The van der Waals surface area contributed by atoms with E-state index in [0.717, 1.165) is 11.3 Å². The van der Waals surface area contributed by atoms with Gasteiger partial charge in [0.05, 0.1) is 28.9 Å². The monoisotopic (exact) mass is 473 g/mol. The molecule has 35 heavy (non-hydrogen) atoms. The normalized spacial score (nSPS) is 21.3. The molecule has 3 aromatic carbocycles. The SMILES string of the molecule is CCCOc1ccc(N2C(=O)[C@@H]3[C@@H](ON(c4ccccc4)[C@H]3c3cccc([N+](=O)[O-])c3)C2=O)cc1. The lowest BCUT2D eigenvalue weighted by atomic mass is 9.90. The number of carbonyl (C=O) groups excluding carboxylic acids is 2. The molecule has 0 aromatic heterocycles. The molecule has 2 fully saturated rings. The second-order valence-corrected chi connectivity index (χ2v) is 8.36. The van der Waals surface area contributed by atoms with Gasteiger partial charge in [-0.25, -0.2) is 9.96 Å². The zero-order valence-electron chi connectivity index (χ0n) is 18.9. The second kappa shape index (κ2) is 9.19. The minimum absolute atomic E-state index is 0.102. The quantitative estimate of drug-likeness (QED) is 0.284. The molecule has 5 rings (SSSR count). The third-order valence-electron chi connectivity index (χ3n) is 6.12. The Hall–Kier alpha value is -4.24. The highest BCUT2D eigenvalue weighted by molar-refractivity contribution is 6.23. The molecule has 2 heterocycles. The Balaban J connectivity index is 1.52. The summed E-state index contributed by atoms with van der Waals surface area (Å²) in [5.74, 6) is -1.12. The number of amides is 2. The van der Waals surface area contributed by atoms with Gasteiger partial charge in [0.15, 0.2) is 6.10 Å². The van der Waals surface area contributed by atoms with E-state index in [1.165, 1.54) is 17.2 Å². The van der Waals surface area contributed by atoms with E-state index in [1.807, 2.05) is 25.1 Å². The molecule has 0 N–H and O–H groups in total. The Morgan fingerprint density at radius 2 is 1.69 bits per heavy atom. The van der Waals surface area contributed by atoms with Crippen LogP contribution in [0.1, 0.15) is 24.9 Å². The number of hydrogen-bond acceptors (Lipinski definition) is 7. The van der Waals surface area contributed by atoms with E-state index in [0.29, 0.717) is 29.3 Å². The predicted octanol–water partition coefficient (Wildman–Crippen LogP) is 4.43. The number of benzene rings is 3. The maximum Gasteiger partial charge on any atom is 0.269 e. The molecule has 2 aliphatic rings. The van der Waals surface area contributed by atoms with Crippen LogP contribution in [0.3, 0.4) is 0 Å². The van der Waals surface area contributed by atoms with Crippen molar-refractivity contribution in [2.75, 3.05) is 16.6 Å². The first kappa shape index (κ1) is 22.5. The largest absolute Gasteiger partial charge is 0.494 e. The van der Waals surface area contributed by atoms with E-state index in [2.05, 4.69) is 0 Å². The van der Waals surface area contributed by atoms with Gasteiger partial charge in [0.2, 0.25) is 5.91 Å². The van der Waals surface area contributed by atoms with Gasteiger partial charge in [-0.3, -0.25) is 24.5 Å². The number of non-ortho nitro benzene ring substituents is 1. The highest BCUT2D eigenvalue weighted by atomic mass is 16.7. The van der Waals surface area contributed by atoms with Gasteiger partial charge in [0, 0.05) is 12.1 Å². The van der Waals surface area contributed by atoms with Crippen LogP contribution in [0.25, 0.3) is 0 Å². The van der Waals surface area contributed by atoms with Gasteiger partial charge in [0.25, 0.3) is 11.6 Å². The van der Waals surface area contributed by atoms with Crippen molar-refractivity contribution in [2.45, 2.75) is 25.5 Å². The van der Waals surface area contributed by atoms with E-state index in [-0.39, 0.29) is 5.69 Å². The fourth-order valence-electron chi connectivity index (χ4n) is 4.54. The van der Waals surface area contributed by atoms with Crippen LogP contribution in [0.15, 0.2) is 78.9 Å². The Bertz CT molecular complexity index is 1260. The van der Waals surface area contributed by atoms with Crippen molar-refractivity contribution >= 4 is 28.9 Å². The Morgan fingerprint density at radius 3 is 2.37 bits per heavy atom. The van der Waals surface area contributed by atoms with Gasteiger partial charge in [-0.15, -0.1) is 0 Å². The number of anilines is 2.